The number of carbonyl (C=O) groups is 19. The van der Waals surface area contributed by atoms with Gasteiger partial charge in [0.25, 0.3) is 0 Å². The number of aliphatic carboxylic acids is 1. The van der Waals surface area contributed by atoms with E-state index in [2.05, 4.69) is 95.0 Å². The van der Waals surface area contributed by atoms with Gasteiger partial charge in [0.2, 0.25) is 106 Å². The second-order valence-electron chi connectivity index (χ2n) is 30.6. The number of aliphatic hydroxyl groups is 5. The highest BCUT2D eigenvalue weighted by Gasteiger charge is 2.41. The number of carboxylic acid groups (broad SMARTS) is 1. The zero-order valence-electron chi connectivity index (χ0n) is 71.4. The Kier molecular flexibility index (Phi) is 45.3. The summed E-state index contributed by atoms with van der Waals surface area (Å²) in [6, 6.07) is -16.0. The summed E-state index contributed by atoms with van der Waals surface area (Å²) < 4.78 is 0. The molecule has 0 bridgehead atoms. The normalized spacial score (nSPS) is 15.6. The molecule has 36 N–H and O–H groups in total. The number of primary amides is 3. The van der Waals surface area contributed by atoms with E-state index in [1.807, 2.05) is 0 Å². The number of guanidine groups is 1. The van der Waals surface area contributed by atoms with E-state index >= 15 is 0 Å². The molecule has 0 aliphatic carbocycles. The standard InChI is InChI=1S/C77H118N24O27/c1-33(2)24-49(89-56(111)30-86-73(125)58(36(5)103)99-71(123)51(94-63(115)34(3)78)26-41-13-17-44(108)18-14-41)69(121)97-53(31-102)72(124)101-60(38(7)105)74(126)92-45(10-9-23-85-77(82)83)65(117)95-52(28-55(80)110)70(122)91-46(19-21-54(79)109)66(118)90-47(20-22-57(112)113)67(119)100-61(39(8)106)76(128)96-50(25-40-11-15-43(107)16-12-40)68(120)88-35(4)64(116)98-59(37(6)104)75(127)93-48(62(81)114)27-42-29-84-32-87-42/h11-18,29,32-39,45-53,58-61,102-108H,9-10,19-28,30-31,78H2,1-8H3,(H2,79,109)(H2,80,110)(H2,81,114)(H,84,87)(H,86,125)(H,88,120)(H,89,111)(H,90,118)(H,91,122)(H,92,126)(H,93,127)(H,94,115)(H,95,117)(H,96,128)(H,97,121)(H,98,116)(H,99,123)(H,100,119)(H,101,124)(H,112,113)(H4,82,83,85)/t34-,35-,36+,37+,38+,39+,45-,46-,47-,48-,49-,50-,51-,52-,53-,58-,59-,60-,61-/m0/s1. The lowest BCUT2D eigenvalue weighted by Crippen LogP contribution is -2.63. The number of phenolic OH excluding ortho intramolecular Hbond substituents is 2. The van der Waals surface area contributed by atoms with Crippen LogP contribution >= 0.6 is 0 Å². The summed E-state index contributed by atoms with van der Waals surface area (Å²) in [5, 5.41) is 127. The molecule has 1 heterocycles. The van der Waals surface area contributed by atoms with Crippen LogP contribution in [0, 0.1) is 11.3 Å². The van der Waals surface area contributed by atoms with Crippen molar-refractivity contribution in [2.24, 2.45) is 34.6 Å². The summed E-state index contributed by atoms with van der Waals surface area (Å²) in [7, 11) is 0. The van der Waals surface area contributed by atoms with Crippen LogP contribution in [0.4, 0.5) is 0 Å². The number of phenols is 2. The number of imidazole rings is 1. The first kappa shape index (κ1) is 108. The second kappa shape index (κ2) is 53.5. The highest BCUT2D eigenvalue weighted by molar-refractivity contribution is 6.02. The maximum absolute atomic E-state index is 14.4. The van der Waals surface area contributed by atoms with Crippen molar-refractivity contribution >= 4 is 118 Å². The molecule has 51 nitrogen and oxygen atoms in total. The molecule has 0 saturated carbocycles. The van der Waals surface area contributed by atoms with E-state index in [-0.39, 0.29) is 49.3 Å². The molecular weight excluding hydrogens is 1690 g/mol. The number of aromatic amines is 1. The van der Waals surface area contributed by atoms with Gasteiger partial charge in [-0.1, -0.05) is 38.1 Å². The van der Waals surface area contributed by atoms with Crippen molar-refractivity contribution in [1.82, 2.24) is 95.0 Å². The van der Waals surface area contributed by atoms with E-state index in [1.54, 1.807) is 13.8 Å². The van der Waals surface area contributed by atoms with Gasteiger partial charge in [-0.15, -0.1) is 0 Å². The maximum atomic E-state index is 14.4. The number of hydrogen-bond donors (Lipinski definition) is 31. The average molecular weight is 1810 g/mol. The number of nitrogens with two attached hydrogens (primary N) is 5. The summed E-state index contributed by atoms with van der Waals surface area (Å²) in [4.78, 5) is 264. The van der Waals surface area contributed by atoms with Crippen molar-refractivity contribution in [1.29, 1.82) is 5.41 Å². The van der Waals surface area contributed by atoms with Crippen molar-refractivity contribution in [3.05, 3.63) is 77.9 Å². The molecular formula is C77H118N24O27. The molecule has 0 spiro atoms. The molecule has 0 fully saturated rings. The number of carboxylic acids is 1. The molecule has 0 saturated heterocycles. The number of amides is 18. The van der Waals surface area contributed by atoms with Crippen molar-refractivity contribution < 1.29 is 132 Å². The molecule has 19 atom stereocenters. The Labute approximate surface area is 732 Å². The molecule has 1 aromatic heterocycles. The summed E-state index contributed by atoms with van der Waals surface area (Å²) in [6.07, 6.45) is -10.5. The molecule has 128 heavy (non-hydrogen) atoms. The zero-order valence-corrected chi connectivity index (χ0v) is 71.4. The van der Waals surface area contributed by atoms with Crippen LogP contribution in [-0.2, 0) is 110 Å². The topological polar surface area (TPSA) is 861 Å². The molecule has 0 unspecified atom stereocenters. The van der Waals surface area contributed by atoms with Gasteiger partial charge in [0.15, 0.2) is 5.96 Å². The third-order valence-electron chi connectivity index (χ3n) is 18.9. The fourth-order valence-corrected chi connectivity index (χ4v) is 11.9. The number of nitrogens with one attached hydrogen (secondary N) is 18. The Morgan fingerprint density at radius 1 is 0.414 bits per heavy atom. The summed E-state index contributed by atoms with van der Waals surface area (Å²) in [5.74, 6) is -24.4. The number of benzene rings is 2. The zero-order chi connectivity index (χ0) is 96.7. The van der Waals surface area contributed by atoms with E-state index in [0.29, 0.717) is 11.3 Å². The third-order valence-corrected chi connectivity index (χ3v) is 18.9. The fraction of sp³-hybridized carbons (Fsp3) is 0.545. The van der Waals surface area contributed by atoms with Gasteiger partial charge in [-0.25, -0.2) is 4.98 Å². The number of aromatic hydroxyl groups is 2. The van der Waals surface area contributed by atoms with Crippen LogP contribution in [-0.4, -0.2) is 304 Å². The minimum absolute atomic E-state index is 0.0982. The highest BCUT2D eigenvalue weighted by atomic mass is 16.4. The number of aromatic nitrogens is 2. The van der Waals surface area contributed by atoms with E-state index in [4.69, 9.17) is 34.1 Å². The van der Waals surface area contributed by atoms with Crippen LogP contribution < -0.4 is 114 Å². The van der Waals surface area contributed by atoms with Crippen LogP contribution in [0.2, 0.25) is 0 Å². The number of rotatable bonds is 56. The Balaban J connectivity index is 1.89. The molecule has 0 radical (unpaired) electrons. The van der Waals surface area contributed by atoms with Gasteiger partial charge in [-0.05, 0) is 115 Å². The first-order valence-electron chi connectivity index (χ1n) is 40.2. The van der Waals surface area contributed by atoms with Gasteiger partial charge in [0.05, 0.1) is 56.4 Å². The predicted molar refractivity (Wildman–Crippen MR) is 446 cm³/mol. The van der Waals surface area contributed by atoms with Gasteiger partial charge in [0, 0.05) is 50.5 Å². The van der Waals surface area contributed by atoms with E-state index in [1.165, 1.54) is 68.0 Å². The van der Waals surface area contributed by atoms with Crippen molar-refractivity contribution in [3.63, 3.8) is 0 Å². The van der Waals surface area contributed by atoms with Gasteiger partial charge < -0.3 is 160 Å². The largest absolute Gasteiger partial charge is 0.508 e. The quantitative estimate of drug-likeness (QED) is 0.0142. The molecule has 51 heteroatoms. The SMILES string of the molecule is CC(C)C[C@H](NC(=O)CNC(=O)[C@@H](NC(=O)[C@H](Cc1ccc(O)cc1)NC(=O)[C@H](C)N)[C@@H](C)O)C(=O)N[C@@H](CO)C(=O)N[C@H](C(=O)N[C@@H](CCCNC(=N)N)C(=O)N[C@@H](CC(N)=O)C(=O)N[C@@H](CCC(N)=O)C(=O)N[C@@H](CCC(=O)O)C(=O)N[C@H](C(=O)N[C@@H](Cc1ccc(O)cc1)C(=O)N[C@@H](C)C(=O)N[C@H](C(=O)N[C@@H](Cc1cnc[nH]1)C(N)=O)[C@@H](C)O)[C@@H](C)O)[C@@H](C)O. The molecule has 0 aliphatic heterocycles. The number of hydrogen-bond acceptors (Lipinski definition) is 29. The summed E-state index contributed by atoms with van der Waals surface area (Å²) in [6.45, 7) is 7.64. The molecule has 3 aromatic rings. The molecule has 18 amide bonds. The lowest BCUT2D eigenvalue weighted by Gasteiger charge is -2.29. The predicted octanol–water partition coefficient (Wildman–Crippen LogP) is -12.6. The molecule has 708 valence electrons. The Morgan fingerprint density at radius 2 is 0.797 bits per heavy atom. The van der Waals surface area contributed by atoms with Crippen molar-refractivity contribution in [2.75, 3.05) is 19.7 Å². The highest BCUT2D eigenvalue weighted by Crippen LogP contribution is 2.17. The average Bonchev–Trinajstić information content (AvgIpc) is 0.966. The van der Waals surface area contributed by atoms with Crippen LogP contribution in [0.1, 0.15) is 124 Å². The van der Waals surface area contributed by atoms with Gasteiger partial charge >= 0.3 is 5.97 Å². The first-order valence-corrected chi connectivity index (χ1v) is 40.2. The smallest absolute Gasteiger partial charge is 0.303 e. The molecule has 3 rings (SSSR count). The van der Waals surface area contributed by atoms with Gasteiger partial charge in [-0.3, -0.25) is 96.5 Å². The first-order chi connectivity index (χ1) is 59.9. The summed E-state index contributed by atoms with van der Waals surface area (Å²) in [5.41, 5.74) is 28.7. The molecule has 2 aromatic carbocycles. The Morgan fingerprint density at radius 3 is 1.22 bits per heavy atom. The van der Waals surface area contributed by atoms with E-state index in [0.717, 1.165) is 34.6 Å². The Bertz CT molecular complexity index is 4340. The maximum Gasteiger partial charge on any atom is 0.303 e. The van der Waals surface area contributed by atoms with Gasteiger partial charge in [0.1, 0.15) is 96.1 Å². The fourth-order valence-electron chi connectivity index (χ4n) is 11.9. The number of carbonyl (C=O) groups excluding carboxylic acids is 18. The van der Waals surface area contributed by atoms with Crippen LogP contribution in [0.15, 0.2) is 61.1 Å². The van der Waals surface area contributed by atoms with Crippen molar-refractivity contribution in [2.45, 2.75) is 241 Å². The van der Waals surface area contributed by atoms with E-state index < -0.39 is 297 Å². The number of nitrogens with zero attached hydrogens (tertiary/aromatic N) is 1. The van der Waals surface area contributed by atoms with Crippen molar-refractivity contribution in [3.8, 4) is 11.5 Å². The monoisotopic (exact) mass is 1810 g/mol. The minimum Gasteiger partial charge on any atom is -0.508 e. The van der Waals surface area contributed by atoms with Crippen LogP contribution in [0.3, 0.4) is 0 Å². The second-order valence-corrected chi connectivity index (χ2v) is 30.6. The number of aliphatic hydroxyl groups excluding tert-OH is 5. The third kappa shape index (κ3) is 38.8. The van der Waals surface area contributed by atoms with Crippen LogP contribution in [0.5, 0.6) is 11.5 Å². The van der Waals surface area contributed by atoms with Crippen LogP contribution in [0.25, 0.3) is 0 Å². The lowest BCUT2D eigenvalue weighted by molar-refractivity contribution is -0.139. The lowest BCUT2D eigenvalue weighted by atomic mass is 10.0. The minimum atomic E-state index is -2.16. The molecule has 0 aliphatic rings. The summed E-state index contributed by atoms with van der Waals surface area (Å²) >= 11 is 0. The number of H-pyrrole nitrogens is 1. The van der Waals surface area contributed by atoms with Gasteiger partial charge in [-0.2, -0.15) is 0 Å². The van der Waals surface area contributed by atoms with E-state index in [9.17, 15) is 132 Å². The Hall–Kier alpha value is -13.8.